The molecule has 0 atom stereocenters. The van der Waals surface area contributed by atoms with Crippen LogP contribution in [-0.4, -0.2) is 46.5 Å². The van der Waals surface area contributed by atoms with Gasteiger partial charge in [0.2, 0.25) is 0 Å². The van der Waals surface area contributed by atoms with Gasteiger partial charge in [-0.2, -0.15) is 0 Å². The van der Waals surface area contributed by atoms with Crippen LogP contribution in [0.3, 0.4) is 0 Å². The first-order chi connectivity index (χ1) is 10.4. The third-order valence-electron chi connectivity index (χ3n) is 3.65. The maximum absolute atomic E-state index is 12.2. The van der Waals surface area contributed by atoms with Crippen LogP contribution in [0.2, 0.25) is 0 Å². The summed E-state index contributed by atoms with van der Waals surface area (Å²) in [5.74, 6) is -1.85. The van der Waals surface area contributed by atoms with E-state index in [2.05, 4.69) is 0 Å². The Morgan fingerprint density at radius 3 is 2.00 bits per heavy atom. The first kappa shape index (κ1) is 15.9. The molecule has 0 unspecified atom stereocenters. The van der Waals surface area contributed by atoms with Crippen LogP contribution in [0.4, 0.5) is 4.79 Å². The summed E-state index contributed by atoms with van der Waals surface area (Å²) in [5, 5.41) is 0. The first-order valence-corrected chi connectivity index (χ1v) is 7.17. The fourth-order valence-corrected chi connectivity index (χ4v) is 2.26. The second-order valence-corrected chi connectivity index (χ2v) is 5.42. The van der Waals surface area contributed by atoms with E-state index in [1.807, 2.05) is 26.0 Å². The Kier molecular flexibility index (Phi) is 4.40. The highest BCUT2D eigenvalue weighted by atomic mass is 16.2. The Hall–Kier alpha value is -2.50. The SMILES string of the molecule is CCN1C(=O)C(=O)N(CC(=O)c2ccc(C(C)C)cc2)C1=O. The zero-order chi connectivity index (χ0) is 16.4. The molecule has 0 aliphatic carbocycles. The van der Waals surface area contributed by atoms with E-state index in [1.54, 1.807) is 19.1 Å². The Morgan fingerprint density at radius 1 is 1.00 bits per heavy atom. The van der Waals surface area contributed by atoms with Crippen LogP contribution in [0, 0.1) is 0 Å². The molecule has 1 saturated heterocycles. The van der Waals surface area contributed by atoms with Crippen LogP contribution in [0.15, 0.2) is 24.3 Å². The highest BCUT2D eigenvalue weighted by Crippen LogP contribution is 2.16. The zero-order valence-electron chi connectivity index (χ0n) is 12.8. The molecule has 0 radical (unpaired) electrons. The number of nitrogens with zero attached hydrogens (tertiary/aromatic N) is 2. The van der Waals surface area contributed by atoms with Gasteiger partial charge in [-0.3, -0.25) is 19.3 Å². The van der Waals surface area contributed by atoms with Crippen LogP contribution >= 0.6 is 0 Å². The quantitative estimate of drug-likeness (QED) is 0.472. The predicted octanol–water partition coefficient (Wildman–Crippen LogP) is 1.80. The molecule has 116 valence electrons. The average molecular weight is 302 g/mol. The summed E-state index contributed by atoms with van der Waals surface area (Å²) in [6.07, 6.45) is 0. The van der Waals surface area contributed by atoms with Crippen molar-refractivity contribution in [3.63, 3.8) is 0 Å². The Labute approximate surface area is 128 Å². The second-order valence-electron chi connectivity index (χ2n) is 5.42. The Bertz CT molecular complexity index is 634. The average Bonchev–Trinajstić information content (AvgIpc) is 2.70. The van der Waals surface area contributed by atoms with Crippen LogP contribution in [0.5, 0.6) is 0 Å². The lowest BCUT2D eigenvalue weighted by atomic mass is 10.0. The highest BCUT2D eigenvalue weighted by molar-refractivity contribution is 6.45. The number of hydrogen-bond acceptors (Lipinski definition) is 4. The molecule has 0 aromatic heterocycles. The number of amides is 4. The molecule has 1 heterocycles. The van der Waals surface area contributed by atoms with Crippen LogP contribution in [0.25, 0.3) is 0 Å². The lowest BCUT2D eigenvalue weighted by molar-refractivity contribution is -0.143. The number of rotatable bonds is 5. The van der Waals surface area contributed by atoms with Gasteiger partial charge in [-0.25, -0.2) is 9.69 Å². The van der Waals surface area contributed by atoms with Crippen molar-refractivity contribution >= 4 is 23.6 Å². The molecule has 1 aliphatic heterocycles. The minimum absolute atomic E-state index is 0.108. The van der Waals surface area contributed by atoms with Crippen LogP contribution in [0.1, 0.15) is 42.6 Å². The van der Waals surface area contributed by atoms with Crippen molar-refractivity contribution in [2.24, 2.45) is 0 Å². The number of imide groups is 2. The second kappa shape index (κ2) is 6.09. The molecule has 0 N–H and O–H groups in total. The van der Waals surface area contributed by atoms with E-state index >= 15 is 0 Å². The Morgan fingerprint density at radius 2 is 1.55 bits per heavy atom. The van der Waals surface area contributed by atoms with Crippen molar-refractivity contribution in [1.82, 2.24) is 9.80 Å². The molecule has 0 saturated carbocycles. The summed E-state index contributed by atoms with van der Waals surface area (Å²) in [4.78, 5) is 49.0. The van der Waals surface area contributed by atoms with Gasteiger partial charge < -0.3 is 0 Å². The zero-order valence-corrected chi connectivity index (χ0v) is 12.8. The first-order valence-electron chi connectivity index (χ1n) is 7.17. The smallest absolute Gasteiger partial charge is 0.292 e. The van der Waals surface area contributed by atoms with Gasteiger partial charge in [0.15, 0.2) is 5.78 Å². The number of carbonyl (C=O) groups excluding carboxylic acids is 4. The van der Waals surface area contributed by atoms with Crippen molar-refractivity contribution in [3.8, 4) is 0 Å². The standard InChI is InChI=1S/C16H18N2O4/c1-4-17-14(20)15(21)18(16(17)22)9-13(19)12-7-5-11(6-8-12)10(2)3/h5-8,10H,4,9H2,1-3H3. The maximum Gasteiger partial charge on any atom is 0.334 e. The molecule has 22 heavy (non-hydrogen) atoms. The normalized spacial score (nSPS) is 15.2. The van der Waals surface area contributed by atoms with Gasteiger partial charge in [-0.1, -0.05) is 38.1 Å². The molecule has 1 aliphatic rings. The van der Waals surface area contributed by atoms with Gasteiger partial charge in [-0.15, -0.1) is 0 Å². The fraction of sp³-hybridized carbons (Fsp3) is 0.375. The molecule has 0 spiro atoms. The van der Waals surface area contributed by atoms with E-state index in [-0.39, 0.29) is 12.3 Å². The van der Waals surface area contributed by atoms with Gasteiger partial charge in [0.05, 0.1) is 6.54 Å². The number of carbonyl (C=O) groups is 4. The molecular weight excluding hydrogens is 284 g/mol. The fourth-order valence-electron chi connectivity index (χ4n) is 2.26. The number of urea groups is 1. The predicted molar refractivity (Wildman–Crippen MR) is 79.4 cm³/mol. The van der Waals surface area contributed by atoms with Gasteiger partial charge in [0, 0.05) is 12.1 Å². The maximum atomic E-state index is 12.2. The minimum atomic E-state index is -0.945. The van der Waals surface area contributed by atoms with E-state index in [0.29, 0.717) is 16.4 Å². The Balaban J connectivity index is 2.13. The number of benzene rings is 1. The van der Waals surface area contributed by atoms with E-state index in [9.17, 15) is 19.2 Å². The van der Waals surface area contributed by atoms with E-state index in [0.717, 1.165) is 10.5 Å². The van der Waals surface area contributed by atoms with E-state index < -0.39 is 24.4 Å². The molecule has 6 nitrogen and oxygen atoms in total. The van der Waals surface area contributed by atoms with Crippen molar-refractivity contribution in [2.45, 2.75) is 26.7 Å². The van der Waals surface area contributed by atoms with E-state index in [1.165, 1.54) is 0 Å². The van der Waals surface area contributed by atoms with Crippen LogP contribution < -0.4 is 0 Å². The molecule has 4 amide bonds. The lowest BCUT2D eigenvalue weighted by Crippen LogP contribution is -2.36. The van der Waals surface area contributed by atoms with Crippen molar-refractivity contribution in [1.29, 1.82) is 0 Å². The summed E-state index contributed by atoms with van der Waals surface area (Å²) < 4.78 is 0. The number of likely N-dealkylation sites (N-methyl/N-ethyl adjacent to an activating group) is 1. The molecule has 2 rings (SSSR count). The summed E-state index contributed by atoms with van der Waals surface area (Å²) in [6.45, 7) is 5.38. The largest absolute Gasteiger partial charge is 0.334 e. The molecule has 1 fully saturated rings. The summed E-state index contributed by atoms with van der Waals surface area (Å²) in [5.41, 5.74) is 1.50. The molecule has 1 aromatic rings. The molecule has 1 aromatic carbocycles. The number of ketones is 1. The van der Waals surface area contributed by atoms with Crippen molar-refractivity contribution in [2.75, 3.05) is 13.1 Å². The lowest BCUT2D eigenvalue weighted by Gasteiger charge is -2.13. The topological polar surface area (TPSA) is 74.8 Å². The minimum Gasteiger partial charge on any atom is -0.292 e. The molecular formula is C16H18N2O4. The summed E-state index contributed by atoms with van der Waals surface area (Å²) in [6, 6.07) is 6.29. The van der Waals surface area contributed by atoms with E-state index in [4.69, 9.17) is 0 Å². The van der Waals surface area contributed by atoms with Crippen LogP contribution in [-0.2, 0) is 9.59 Å². The summed E-state index contributed by atoms with van der Waals surface area (Å²) >= 11 is 0. The van der Waals surface area contributed by atoms with Gasteiger partial charge in [-0.05, 0) is 18.4 Å². The van der Waals surface area contributed by atoms with Crippen molar-refractivity contribution < 1.29 is 19.2 Å². The van der Waals surface area contributed by atoms with Gasteiger partial charge in [0.25, 0.3) is 0 Å². The van der Waals surface area contributed by atoms with Crippen molar-refractivity contribution in [3.05, 3.63) is 35.4 Å². The molecule has 6 heteroatoms. The van der Waals surface area contributed by atoms with Gasteiger partial charge in [0.1, 0.15) is 0 Å². The third kappa shape index (κ3) is 2.77. The third-order valence-corrected chi connectivity index (χ3v) is 3.65. The number of hydrogen-bond donors (Lipinski definition) is 0. The monoisotopic (exact) mass is 302 g/mol. The summed E-state index contributed by atoms with van der Waals surface area (Å²) in [7, 11) is 0. The highest BCUT2D eigenvalue weighted by Gasteiger charge is 2.44. The van der Waals surface area contributed by atoms with Gasteiger partial charge >= 0.3 is 17.8 Å². The molecule has 0 bridgehead atoms. The number of Topliss-reactive ketones (excluding diaryl/α,β-unsaturated/α-hetero) is 1.